The smallest absolute Gasteiger partial charge is 0.0297 e. The maximum Gasteiger partial charge on any atom is 0.0297 e. The highest BCUT2D eigenvalue weighted by atomic mass is 14.9. The van der Waals surface area contributed by atoms with Crippen molar-refractivity contribution in [2.45, 2.75) is 46.6 Å². The summed E-state index contributed by atoms with van der Waals surface area (Å²) >= 11 is 0. The van der Waals surface area contributed by atoms with Crippen LogP contribution in [0.15, 0.2) is 42.5 Å². The zero-order chi connectivity index (χ0) is 15.2. The molecular weight excluding hydrogens is 254 g/mol. The molecule has 0 spiro atoms. The Hall–Kier alpha value is -1.60. The van der Waals surface area contributed by atoms with E-state index in [1.807, 2.05) is 0 Å². The van der Waals surface area contributed by atoms with E-state index in [2.05, 4.69) is 75.5 Å². The van der Waals surface area contributed by atoms with Crippen molar-refractivity contribution in [3.8, 4) is 11.1 Å². The van der Waals surface area contributed by atoms with Gasteiger partial charge in [0.05, 0.1) is 0 Å². The Bertz CT molecular complexity index is 586. The molecule has 0 aromatic heterocycles. The molecule has 2 rings (SSSR count). The maximum atomic E-state index is 3.54. The molecule has 0 heterocycles. The predicted molar refractivity (Wildman–Crippen MR) is 92.7 cm³/mol. The van der Waals surface area contributed by atoms with Gasteiger partial charge in [-0.25, -0.2) is 0 Å². The number of aryl methyl sites for hydroxylation is 2. The van der Waals surface area contributed by atoms with Crippen LogP contribution in [0.3, 0.4) is 0 Å². The van der Waals surface area contributed by atoms with E-state index >= 15 is 0 Å². The summed E-state index contributed by atoms with van der Waals surface area (Å²) in [4.78, 5) is 0. The second kappa shape index (κ2) is 7.42. The molecule has 2 aromatic rings. The Morgan fingerprint density at radius 3 is 2.33 bits per heavy atom. The second-order valence-electron chi connectivity index (χ2n) is 5.57. The summed E-state index contributed by atoms with van der Waals surface area (Å²) in [5.74, 6) is 0. The number of hydrogen-bond acceptors (Lipinski definition) is 1. The molecule has 1 unspecified atom stereocenters. The average molecular weight is 281 g/mol. The second-order valence-corrected chi connectivity index (χ2v) is 5.57. The normalized spacial score (nSPS) is 12.4. The fourth-order valence-corrected chi connectivity index (χ4v) is 2.94. The summed E-state index contributed by atoms with van der Waals surface area (Å²) in [6.07, 6.45) is 2.16. The molecule has 112 valence electrons. The Labute approximate surface area is 129 Å². The van der Waals surface area contributed by atoms with Gasteiger partial charge < -0.3 is 5.32 Å². The van der Waals surface area contributed by atoms with Gasteiger partial charge in [0, 0.05) is 6.04 Å². The molecule has 1 atom stereocenters. The summed E-state index contributed by atoms with van der Waals surface area (Å²) in [5, 5.41) is 3.54. The number of hydrogen-bond donors (Lipinski definition) is 1. The monoisotopic (exact) mass is 281 g/mol. The van der Waals surface area contributed by atoms with Crippen LogP contribution in [0.4, 0.5) is 0 Å². The molecule has 0 saturated heterocycles. The molecule has 1 N–H and O–H groups in total. The van der Waals surface area contributed by atoms with E-state index in [4.69, 9.17) is 0 Å². The zero-order valence-corrected chi connectivity index (χ0v) is 13.7. The van der Waals surface area contributed by atoms with Crippen molar-refractivity contribution >= 4 is 0 Å². The van der Waals surface area contributed by atoms with E-state index in [0.717, 1.165) is 19.4 Å². The SMILES string of the molecule is CCNC(C)c1ccccc1-c1cc(CC)ccc1CC. The summed E-state index contributed by atoms with van der Waals surface area (Å²) in [7, 11) is 0. The van der Waals surface area contributed by atoms with Gasteiger partial charge in [-0.05, 0) is 54.1 Å². The Morgan fingerprint density at radius 1 is 0.905 bits per heavy atom. The van der Waals surface area contributed by atoms with Crippen LogP contribution in [-0.2, 0) is 12.8 Å². The van der Waals surface area contributed by atoms with Gasteiger partial charge in [0.1, 0.15) is 0 Å². The molecule has 0 radical (unpaired) electrons. The lowest BCUT2D eigenvalue weighted by Gasteiger charge is -2.19. The standard InChI is InChI=1S/C20H27N/c1-5-16-12-13-17(6-2)20(14-16)19-11-9-8-10-18(19)15(4)21-7-3/h8-15,21H,5-7H2,1-4H3. The van der Waals surface area contributed by atoms with E-state index < -0.39 is 0 Å². The molecule has 0 fully saturated rings. The van der Waals surface area contributed by atoms with Gasteiger partial charge in [0.2, 0.25) is 0 Å². The van der Waals surface area contributed by atoms with Crippen molar-refractivity contribution in [2.75, 3.05) is 6.54 Å². The Balaban J connectivity index is 2.55. The van der Waals surface area contributed by atoms with E-state index in [1.165, 1.54) is 27.8 Å². The first-order valence-electron chi connectivity index (χ1n) is 8.15. The molecule has 21 heavy (non-hydrogen) atoms. The van der Waals surface area contributed by atoms with Crippen molar-refractivity contribution in [1.82, 2.24) is 5.32 Å². The van der Waals surface area contributed by atoms with Crippen molar-refractivity contribution in [3.63, 3.8) is 0 Å². The minimum Gasteiger partial charge on any atom is -0.310 e. The first-order valence-corrected chi connectivity index (χ1v) is 8.15. The Kier molecular flexibility index (Phi) is 5.58. The van der Waals surface area contributed by atoms with Crippen LogP contribution in [-0.4, -0.2) is 6.54 Å². The van der Waals surface area contributed by atoms with E-state index in [9.17, 15) is 0 Å². The molecule has 1 nitrogen and oxygen atoms in total. The maximum absolute atomic E-state index is 3.54. The van der Waals surface area contributed by atoms with Gasteiger partial charge in [-0.1, -0.05) is 63.2 Å². The molecule has 0 aliphatic carbocycles. The largest absolute Gasteiger partial charge is 0.310 e. The van der Waals surface area contributed by atoms with Crippen LogP contribution < -0.4 is 5.32 Å². The quantitative estimate of drug-likeness (QED) is 0.772. The van der Waals surface area contributed by atoms with Crippen LogP contribution in [0.1, 0.15) is 50.4 Å². The van der Waals surface area contributed by atoms with Gasteiger partial charge >= 0.3 is 0 Å². The highest BCUT2D eigenvalue weighted by molar-refractivity contribution is 5.72. The van der Waals surface area contributed by atoms with Crippen LogP contribution in [0.25, 0.3) is 11.1 Å². The lowest BCUT2D eigenvalue weighted by molar-refractivity contribution is 0.599. The summed E-state index contributed by atoms with van der Waals surface area (Å²) < 4.78 is 0. The van der Waals surface area contributed by atoms with Crippen molar-refractivity contribution in [2.24, 2.45) is 0 Å². The molecular formula is C20H27N. The van der Waals surface area contributed by atoms with E-state index in [1.54, 1.807) is 0 Å². The molecule has 2 aromatic carbocycles. The highest BCUT2D eigenvalue weighted by Crippen LogP contribution is 2.32. The highest BCUT2D eigenvalue weighted by Gasteiger charge is 2.13. The van der Waals surface area contributed by atoms with Gasteiger partial charge in [-0.2, -0.15) is 0 Å². The van der Waals surface area contributed by atoms with Crippen LogP contribution in [0.2, 0.25) is 0 Å². The minimum absolute atomic E-state index is 0.376. The van der Waals surface area contributed by atoms with Crippen molar-refractivity contribution in [3.05, 3.63) is 59.2 Å². The van der Waals surface area contributed by atoms with Crippen molar-refractivity contribution < 1.29 is 0 Å². The van der Waals surface area contributed by atoms with Crippen molar-refractivity contribution in [1.29, 1.82) is 0 Å². The molecule has 0 amide bonds. The van der Waals surface area contributed by atoms with Gasteiger partial charge in [-0.15, -0.1) is 0 Å². The van der Waals surface area contributed by atoms with Crippen LogP contribution in [0, 0.1) is 0 Å². The lowest BCUT2D eigenvalue weighted by Crippen LogP contribution is -2.18. The Morgan fingerprint density at radius 2 is 1.67 bits per heavy atom. The summed E-state index contributed by atoms with van der Waals surface area (Å²) in [6.45, 7) is 9.86. The van der Waals surface area contributed by atoms with Gasteiger partial charge in [-0.3, -0.25) is 0 Å². The first kappa shape index (κ1) is 15.8. The van der Waals surface area contributed by atoms with Gasteiger partial charge in [0.15, 0.2) is 0 Å². The molecule has 1 heteroatoms. The fourth-order valence-electron chi connectivity index (χ4n) is 2.94. The predicted octanol–water partition coefficient (Wildman–Crippen LogP) is 5.15. The summed E-state index contributed by atoms with van der Waals surface area (Å²) in [6, 6.07) is 16.1. The number of benzene rings is 2. The average Bonchev–Trinajstić information content (AvgIpc) is 2.54. The topological polar surface area (TPSA) is 12.0 Å². The third-order valence-electron chi connectivity index (χ3n) is 4.19. The number of nitrogens with one attached hydrogen (secondary N) is 1. The van der Waals surface area contributed by atoms with E-state index in [0.29, 0.717) is 6.04 Å². The summed E-state index contributed by atoms with van der Waals surface area (Å²) in [5.41, 5.74) is 7.01. The molecule has 0 aliphatic heterocycles. The first-order chi connectivity index (χ1) is 10.2. The number of rotatable bonds is 6. The third-order valence-corrected chi connectivity index (χ3v) is 4.19. The lowest BCUT2D eigenvalue weighted by atomic mass is 9.90. The van der Waals surface area contributed by atoms with Crippen LogP contribution >= 0.6 is 0 Å². The fraction of sp³-hybridized carbons (Fsp3) is 0.400. The van der Waals surface area contributed by atoms with Gasteiger partial charge in [0.25, 0.3) is 0 Å². The molecule has 0 aliphatic rings. The van der Waals surface area contributed by atoms with Crippen LogP contribution in [0.5, 0.6) is 0 Å². The molecule has 0 saturated carbocycles. The third kappa shape index (κ3) is 3.54. The zero-order valence-electron chi connectivity index (χ0n) is 13.7. The molecule has 0 bridgehead atoms. The minimum atomic E-state index is 0.376. The van der Waals surface area contributed by atoms with E-state index in [-0.39, 0.29) is 0 Å².